The van der Waals surface area contributed by atoms with Crippen molar-refractivity contribution in [3.8, 4) is 0 Å². The van der Waals surface area contributed by atoms with Crippen LogP contribution in [0, 0.1) is 17.8 Å². The van der Waals surface area contributed by atoms with Gasteiger partial charge in [0.15, 0.2) is 0 Å². The van der Waals surface area contributed by atoms with Crippen LogP contribution in [0.2, 0.25) is 0 Å². The van der Waals surface area contributed by atoms with E-state index in [1.54, 1.807) is 0 Å². The van der Waals surface area contributed by atoms with Crippen molar-refractivity contribution in [3.05, 3.63) is 0 Å². The highest BCUT2D eigenvalue weighted by Gasteiger charge is 2.28. The van der Waals surface area contributed by atoms with Crippen LogP contribution in [-0.2, 0) is 4.79 Å². The Morgan fingerprint density at radius 3 is 2.71 bits per heavy atom. The van der Waals surface area contributed by atoms with Gasteiger partial charge in [0, 0.05) is 12.5 Å². The van der Waals surface area contributed by atoms with Crippen molar-refractivity contribution in [2.24, 2.45) is 17.8 Å². The maximum Gasteiger partial charge on any atom is 0.223 e. The average Bonchev–Trinajstić information content (AvgIpc) is 2.35. The van der Waals surface area contributed by atoms with Crippen LogP contribution in [0.4, 0.5) is 0 Å². The normalized spacial score (nSPS) is 26.9. The largest absolute Gasteiger partial charge is 0.394 e. The van der Waals surface area contributed by atoms with Crippen LogP contribution in [0.25, 0.3) is 0 Å². The second kappa shape index (κ2) is 6.97. The molecule has 17 heavy (non-hydrogen) atoms. The highest BCUT2D eigenvalue weighted by Crippen LogP contribution is 2.33. The van der Waals surface area contributed by atoms with Crippen molar-refractivity contribution in [3.63, 3.8) is 0 Å². The monoisotopic (exact) mass is 243 g/mol. The Hall–Kier alpha value is -0.610. The van der Waals surface area contributed by atoms with E-state index in [-0.39, 0.29) is 25.0 Å². The summed E-state index contributed by atoms with van der Waals surface area (Å²) >= 11 is 0. The van der Waals surface area contributed by atoms with Gasteiger partial charge in [-0.05, 0) is 24.7 Å². The molecule has 0 bridgehead atoms. The van der Waals surface area contributed by atoms with Crippen LogP contribution in [0.15, 0.2) is 0 Å². The van der Waals surface area contributed by atoms with Gasteiger partial charge in [-0.3, -0.25) is 4.79 Å². The van der Waals surface area contributed by atoms with Gasteiger partial charge in [0.05, 0.1) is 12.7 Å². The van der Waals surface area contributed by atoms with Crippen molar-refractivity contribution in [2.45, 2.75) is 45.6 Å². The third-order valence-electron chi connectivity index (χ3n) is 3.75. The van der Waals surface area contributed by atoms with Crippen molar-refractivity contribution in [2.75, 3.05) is 13.2 Å². The first-order chi connectivity index (χ1) is 8.04. The SMILES string of the molecule is CC(C)C1CCCC(C(=O)NCC(O)CO)C1. The van der Waals surface area contributed by atoms with E-state index in [1.165, 1.54) is 6.42 Å². The fourth-order valence-electron chi connectivity index (χ4n) is 2.50. The number of carbonyl (C=O) groups is 1. The van der Waals surface area contributed by atoms with E-state index in [2.05, 4.69) is 19.2 Å². The summed E-state index contributed by atoms with van der Waals surface area (Å²) in [6.45, 7) is 4.26. The summed E-state index contributed by atoms with van der Waals surface area (Å²) in [6, 6.07) is 0. The smallest absolute Gasteiger partial charge is 0.223 e. The Morgan fingerprint density at radius 2 is 2.12 bits per heavy atom. The topological polar surface area (TPSA) is 69.6 Å². The van der Waals surface area contributed by atoms with Crippen LogP contribution >= 0.6 is 0 Å². The molecule has 1 aliphatic rings. The summed E-state index contributed by atoms with van der Waals surface area (Å²) < 4.78 is 0. The lowest BCUT2D eigenvalue weighted by atomic mass is 9.76. The Morgan fingerprint density at radius 1 is 1.41 bits per heavy atom. The van der Waals surface area contributed by atoms with E-state index in [0.717, 1.165) is 19.3 Å². The first-order valence-corrected chi connectivity index (χ1v) is 6.61. The minimum Gasteiger partial charge on any atom is -0.394 e. The molecule has 1 saturated carbocycles. The quantitative estimate of drug-likeness (QED) is 0.672. The molecule has 3 unspecified atom stereocenters. The minimum atomic E-state index is -0.844. The van der Waals surface area contributed by atoms with E-state index in [1.807, 2.05) is 0 Å². The Bertz CT molecular complexity index is 243. The Labute approximate surface area is 103 Å². The molecule has 0 aliphatic heterocycles. The molecule has 0 heterocycles. The number of nitrogens with one attached hydrogen (secondary N) is 1. The van der Waals surface area contributed by atoms with E-state index in [9.17, 15) is 9.90 Å². The number of hydrogen-bond acceptors (Lipinski definition) is 3. The zero-order valence-corrected chi connectivity index (χ0v) is 10.9. The molecule has 0 aromatic heterocycles. The molecule has 3 N–H and O–H groups in total. The predicted molar refractivity (Wildman–Crippen MR) is 66.4 cm³/mol. The zero-order chi connectivity index (χ0) is 12.8. The third-order valence-corrected chi connectivity index (χ3v) is 3.75. The molecular formula is C13H25NO3. The van der Waals surface area contributed by atoms with E-state index in [0.29, 0.717) is 11.8 Å². The second-order valence-electron chi connectivity index (χ2n) is 5.45. The van der Waals surface area contributed by atoms with Crippen LogP contribution in [-0.4, -0.2) is 35.4 Å². The van der Waals surface area contributed by atoms with Gasteiger partial charge in [0.1, 0.15) is 0 Å². The molecule has 1 aliphatic carbocycles. The summed E-state index contributed by atoms with van der Waals surface area (Å²) in [7, 11) is 0. The molecule has 0 spiro atoms. The first-order valence-electron chi connectivity index (χ1n) is 6.61. The predicted octanol–water partition coefficient (Wildman–Crippen LogP) is 0.918. The Kier molecular flexibility index (Phi) is 5.92. The van der Waals surface area contributed by atoms with Crippen LogP contribution in [0.5, 0.6) is 0 Å². The average molecular weight is 243 g/mol. The van der Waals surface area contributed by atoms with Gasteiger partial charge in [-0.2, -0.15) is 0 Å². The third kappa shape index (κ3) is 4.64. The van der Waals surface area contributed by atoms with E-state index >= 15 is 0 Å². The van der Waals surface area contributed by atoms with E-state index in [4.69, 9.17) is 5.11 Å². The molecule has 1 rings (SSSR count). The van der Waals surface area contributed by atoms with Crippen molar-refractivity contribution in [1.29, 1.82) is 0 Å². The van der Waals surface area contributed by atoms with Crippen LogP contribution in [0.3, 0.4) is 0 Å². The van der Waals surface area contributed by atoms with Crippen LogP contribution < -0.4 is 5.32 Å². The van der Waals surface area contributed by atoms with Gasteiger partial charge < -0.3 is 15.5 Å². The summed E-state index contributed by atoms with van der Waals surface area (Å²) in [6.07, 6.45) is 3.40. The summed E-state index contributed by atoms with van der Waals surface area (Å²) in [5, 5.41) is 20.6. The molecule has 4 nitrogen and oxygen atoms in total. The standard InChI is InChI=1S/C13H25NO3/c1-9(2)10-4-3-5-11(6-10)13(17)14-7-12(16)8-15/h9-12,15-16H,3-8H2,1-2H3,(H,14,17). The van der Waals surface area contributed by atoms with Crippen LogP contribution in [0.1, 0.15) is 39.5 Å². The fourth-order valence-corrected chi connectivity index (χ4v) is 2.50. The number of amides is 1. The summed E-state index contributed by atoms with van der Waals surface area (Å²) in [5.41, 5.74) is 0. The molecular weight excluding hydrogens is 218 g/mol. The first kappa shape index (κ1) is 14.5. The molecule has 4 heteroatoms. The molecule has 0 aromatic carbocycles. The number of carbonyl (C=O) groups excluding carboxylic acids is 1. The maximum atomic E-state index is 11.9. The molecule has 3 atom stereocenters. The minimum absolute atomic E-state index is 0.0304. The molecule has 0 aromatic rings. The fraction of sp³-hybridized carbons (Fsp3) is 0.923. The number of aliphatic hydroxyl groups excluding tert-OH is 2. The van der Waals surface area contributed by atoms with Gasteiger partial charge in [0.25, 0.3) is 0 Å². The van der Waals surface area contributed by atoms with Gasteiger partial charge in [-0.15, -0.1) is 0 Å². The highest BCUT2D eigenvalue weighted by atomic mass is 16.3. The highest BCUT2D eigenvalue weighted by molar-refractivity contribution is 5.78. The van der Waals surface area contributed by atoms with Gasteiger partial charge >= 0.3 is 0 Å². The Balaban J connectivity index is 2.36. The van der Waals surface area contributed by atoms with Gasteiger partial charge in [0.2, 0.25) is 5.91 Å². The number of rotatable bonds is 5. The summed E-state index contributed by atoms with van der Waals surface area (Å²) in [5.74, 6) is 1.39. The molecule has 100 valence electrons. The zero-order valence-electron chi connectivity index (χ0n) is 10.9. The molecule has 1 fully saturated rings. The van der Waals surface area contributed by atoms with Gasteiger partial charge in [-0.1, -0.05) is 26.7 Å². The lowest BCUT2D eigenvalue weighted by Gasteiger charge is -2.31. The van der Waals surface area contributed by atoms with Crippen molar-refractivity contribution in [1.82, 2.24) is 5.32 Å². The van der Waals surface area contributed by atoms with E-state index < -0.39 is 6.10 Å². The molecule has 0 saturated heterocycles. The van der Waals surface area contributed by atoms with Crippen molar-refractivity contribution >= 4 is 5.91 Å². The van der Waals surface area contributed by atoms with Crippen molar-refractivity contribution < 1.29 is 15.0 Å². The maximum absolute atomic E-state index is 11.9. The second-order valence-corrected chi connectivity index (χ2v) is 5.45. The number of aliphatic hydroxyl groups is 2. The lowest BCUT2D eigenvalue weighted by molar-refractivity contribution is -0.127. The van der Waals surface area contributed by atoms with Gasteiger partial charge in [-0.25, -0.2) is 0 Å². The lowest BCUT2D eigenvalue weighted by Crippen LogP contribution is -2.39. The molecule has 0 radical (unpaired) electrons. The number of hydrogen-bond donors (Lipinski definition) is 3. The molecule has 1 amide bonds. The summed E-state index contributed by atoms with van der Waals surface area (Å²) in [4.78, 5) is 11.9.